The summed E-state index contributed by atoms with van der Waals surface area (Å²) in [6.45, 7) is 4.59. The molecule has 1 heteroatoms. The van der Waals surface area contributed by atoms with E-state index < -0.39 is 0 Å². The molecule has 0 saturated heterocycles. The van der Waals surface area contributed by atoms with Crippen LogP contribution >= 0.6 is 15.9 Å². The summed E-state index contributed by atoms with van der Waals surface area (Å²) in [6.07, 6.45) is 30.4. The van der Waals surface area contributed by atoms with E-state index in [1.54, 1.807) is 0 Å². The largest absolute Gasteiger partial charge is 0.0891 e. The van der Waals surface area contributed by atoms with Gasteiger partial charge in [-0.2, -0.15) is 0 Å². The quantitative estimate of drug-likeness (QED) is 0.129. The second-order valence-corrected chi connectivity index (χ2v) is 9.48. The first-order valence-corrected chi connectivity index (χ1v) is 12.9. The third-order valence-corrected chi connectivity index (χ3v) is 6.41. The molecule has 0 bridgehead atoms. The van der Waals surface area contributed by atoms with Crippen molar-refractivity contribution in [1.29, 1.82) is 0 Å². The Morgan fingerprint density at radius 3 is 1.00 bits per heavy atom. The van der Waals surface area contributed by atoms with Crippen LogP contribution in [0.25, 0.3) is 0 Å². The fraction of sp³-hybridized carbons (Fsp3) is 1.00. The molecular formula is C24H49Br. The average Bonchev–Trinajstić information content (AvgIpc) is 2.61. The predicted molar refractivity (Wildman–Crippen MR) is 121 cm³/mol. The monoisotopic (exact) mass is 416 g/mol. The van der Waals surface area contributed by atoms with Crippen molar-refractivity contribution in [1.82, 2.24) is 0 Å². The summed E-state index contributed by atoms with van der Waals surface area (Å²) in [5.41, 5.74) is 0. The molecule has 25 heavy (non-hydrogen) atoms. The molecule has 0 aliphatic carbocycles. The van der Waals surface area contributed by atoms with Crippen molar-refractivity contribution in [2.24, 2.45) is 0 Å². The summed E-state index contributed by atoms with van der Waals surface area (Å²) in [7, 11) is 0. The lowest BCUT2D eigenvalue weighted by Crippen LogP contribution is -1.97. The molecule has 0 spiro atoms. The third kappa shape index (κ3) is 22.4. The normalized spacial score (nSPS) is 12.6. The van der Waals surface area contributed by atoms with Crippen LogP contribution in [0.1, 0.15) is 149 Å². The Hall–Kier alpha value is 0.480. The molecule has 0 nitrogen and oxygen atoms in total. The maximum Gasteiger partial charge on any atom is 0.0145 e. The van der Waals surface area contributed by atoms with Crippen LogP contribution in [0.15, 0.2) is 0 Å². The van der Waals surface area contributed by atoms with E-state index in [9.17, 15) is 0 Å². The number of alkyl halides is 1. The highest BCUT2D eigenvalue weighted by molar-refractivity contribution is 9.09. The van der Waals surface area contributed by atoms with Crippen LogP contribution in [0.2, 0.25) is 0 Å². The number of hydrogen-bond donors (Lipinski definition) is 0. The van der Waals surface area contributed by atoms with Gasteiger partial charge in [0, 0.05) is 4.83 Å². The summed E-state index contributed by atoms with van der Waals surface area (Å²) in [5.74, 6) is 0. The SMILES string of the molecule is CCCCCCCCCCCCCCCCCCC(Br)CCCCC. The maximum atomic E-state index is 3.85. The van der Waals surface area contributed by atoms with Gasteiger partial charge in [-0.25, -0.2) is 0 Å². The third-order valence-electron chi connectivity index (χ3n) is 5.49. The van der Waals surface area contributed by atoms with Crippen LogP contribution in [-0.2, 0) is 0 Å². The molecule has 0 radical (unpaired) electrons. The van der Waals surface area contributed by atoms with Gasteiger partial charge in [0.25, 0.3) is 0 Å². The van der Waals surface area contributed by atoms with Gasteiger partial charge >= 0.3 is 0 Å². The van der Waals surface area contributed by atoms with Crippen molar-refractivity contribution in [3.8, 4) is 0 Å². The Balaban J connectivity index is 3.05. The Labute approximate surface area is 169 Å². The lowest BCUT2D eigenvalue weighted by atomic mass is 10.0. The summed E-state index contributed by atoms with van der Waals surface area (Å²) < 4.78 is 0. The molecule has 0 aromatic carbocycles. The van der Waals surface area contributed by atoms with Crippen molar-refractivity contribution in [2.45, 2.75) is 154 Å². The molecule has 0 aliphatic heterocycles. The number of hydrogen-bond acceptors (Lipinski definition) is 0. The first kappa shape index (κ1) is 25.5. The molecule has 1 atom stereocenters. The zero-order valence-corrected chi connectivity index (χ0v) is 19.4. The van der Waals surface area contributed by atoms with E-state index in [4.69, 9.17) is 0 Å². The van der Waals surface area contributed by atoms with Gasteiger partial charge in [0.15, 0.2) is 0 Å². The fourth-order valence-electron chi connectivity index (χ4n) is 3.67. The zero-order valence-electron chi connectivity index (χ0n) is 17.8. The van der Waals surface area contributed by atoms with Gasteiger partial charge in [0.05, 0.1) is 0 Å². The van der Waals surface area contributed by atoms with Gasteiger partial charge < -0.3 is 0 Å². The molecule has 0 aromatic rings. The van der Waals surface area contributed by atoms with Gasteiger partial charge in [0.2, 0.25) is 0 Å². The van der Waals surface area contributed by atoms with Gasteiger partial charge in [-0.15, -0.1) is 0 Å². The van der Waals surface area contributed by atoms with Crippen LogP contribution in [0.3, 0.4) is 0 Å². The molecule has 0 aromatic heterocycles. The molecule has 1 unspecified atom stereocenters. The second-order valence-electron chi connectivity index (χ2n) is 8.19. The molecule has 0 fully saturated rings. The Kier molecular flexibility index (Phi) is 23.0. The molecule has 152 valence electrons. The van der Waals surface area contributed by atoms with Crippen LogP contribution in [0.5, 0.6) is 0 Å². The number of unbranched alkanes of at least 4 members (excludes halogenated alkanes) is 17. The van der Waals surface area contributed by atoms with Crippen LogP contribution in [0.4, 0.5) is 0 Å². The van der Waals surface area contributed by atoms with Gasteiger partial charge in [-0.05, 0) is 12.8 Å². The van der Waals surface area contributed by atoms with E-state index in [0.29, 0.717) is 0 Å². The minimum absolute atomic E-state index is 0.783. The number of halogens is 1. The Bertz CT molecular complexity index is 226. The standard InChI is InChI=1S/C24H49Br/c1-3-5-7-8-9-10-11-12-13-14-15-16-17-18-19-21-23-24(25)22-20-6-4-2/h24H,3-23H2,1-2H3. The fourth-order valence-corrected chi connectivity index (χ4v) is 4.32. The van der Waals surface area contributed by atoms with Crippen LogP contribution < -0.4 is 0 Å². The van der Waals surface area contributed by atoms with E-state index >= 15 is 0 Å². The molecular weight excluding hydrogens is 368 g/mol. The summed E-state index contributed by atoms with van der Waals surface area (Å²) in [6, 6.07) is 0. The smallest absolute Gasteiger partial charge is 0.0145 e. The van der Waals surface area contributed by atoms with E-state index in [1.807, 2.05) is 0 Å². The van der Waals surface area contributed by atoms with Crippen molar-refractivity contribution >= 4 is 15.9 Å². The van der Waals surface area contributed by atoms with Crippen LogP contribution in [0, 0.1) is 0 Å². The predicted octanol–water partition coefficient (Wildman–Crippen LogP) is 9.98. The zero-order chi connectivity index (χ0) is 18.4. The van der Waals surface area contributed by atoms with Crippen molar-refractivity contribution < 1.29 is 0 Å². The highest BCUT2D eigenvalue weighted by Crippen LogP contribution is 2.19. The first-order chi connectivity index (χ1) is 12.3. The highest BCUT2D eigenvalue weighted by atomic mass is 79.9. The topological polar surface area (TPSA) is 0 Å². The first-order valence-electron chi connectivity index (χ1n) is 11.9. The van der Waals surface area contributed by atoms with E-state index in [1.165, 1.54) is 135 Å². The molecule has 0 rings (SSSR count). The van der Waals surface area contributed by atoms with Crippen molar-refractivity contribution in [3.05, 3.63) is 0 Å². The average molecular weight is 418 g/mol. The van der Waals surface area contributed by atoms with Crippen molar-refractivity contribution in [3.63, 3.8) is 0 Å². The molecule has 0 N–H and O–H groups in total. The minimum Gasteiger partial charge on any atom is -0.0891 e. The van der Waals surface area contributed by atoms with E-state index in [0.717, 1.165) is 4.83 Å². The summed E-state index contributed by atoms with van der Waals surface area (Å²) in [4.78, 5) is 0.783. The van der Waals surface area contributed by atoms with E-state index in [2.05, 4.69) is 29.8 Å². The number of rotatable bonds is 21. The van der Waals surface area contributed by atoms with Crippen molar-refractivity contribution in [2.75, 3.05) is 0 Å². The van der Waals surface area contributed by atoms with Gasteiger partial charge in [-0.1, -0.05) is 152 Å². The minimum atomic E-state index is 0.783. The van der Waals surface area contributed by atoms with Gasteiger partial charge in [0.1, 0.15) is 0 Å². The van der Waals surface area contributed by atoms with Gasteiger partial charge in [-0.3, -0.25) is 0 Å². The molecule has 0 saturated carbocycles. The Morgan fingerprint density at radius 1 is 0.400 bits per heavy atom. The maximum absolute atomic E-state index is 3.85. The molecule has 0 amide bonds. The van der Waals surface area contributed by atoms with Crippen LogP contribution in [-0.4, -0.2) is 4.83 Å². The summed E-state index contributed by atoms with van der Waals surface area (Å²) >= 11 is 3.85. The Morgan fingerprint density at radius 2 is 0.640 bits per heavy atom. The molecule has 0 aliphatic rings. The van der Waals surface area contributed by atoms with E-state index in [-0.39, 0.29) is 0 Å². The lowest BCUT2D eigenvalue weighted by Gasteiger charge is -2.09. The second kappa shape index (κ2) is 22.5. The highest BCUT2D eigenvalue weighted by Gasteiger charge is 2.03. The molecule has 0 heterocycles. The summed E-state index contributed by atoms with van der Waals surface area (Å²) in [5, 5.41) is 0. The lowest BCUT2D eigenvalue weighted by molar-refractivity contribution is 0.523.